The Balaban J connectivity index is 0.596. The van der Waals surface area contributed by atoms with Gasteiger partial charge in [-0.15, -0.1) is 0 Å². The lowest BCUT2D eigenvalue weighted by Gasteiger charge is -2.37. The summed E-state index contributed by atoms with van der Waals surface area (Å²) in [5.41, 5.74) is 42.5. The number of fused-ring (bicyclic) bond motifs is 23. The topological polar surface area (TPSA) is 210 Å². The number of H-pyrrole nitrogens is 3. The van der Waals surface area contributed by atoms with Crippen molar-refractivity contribution in [3.63, 3.8) is 0 Å². The first-order valence-electron chi connectivity index (χ1n) is 49.6. The lowest BCUT2D eigenvalue weighted by Crippen LogP contribution is -2.45. The zero-order valence-electron chi connectivity index (χ0n) is 77.2. The number of rotatable bonds is 9. The summed E-state index contributed by atoms with van der Waals surface area (Å²) >= 11 is 0. The third-order valence-corrected chi connectivity index (χ3v) is 32.6. The van der Waals surface area contributed by atoms with Crippen LogP contribution >= 0.6 is 0 Å². The zero-order chi connectivity index (χ0) is 91.5. The van der Waals surface area contributed by atoms with Gasteiger partial charge in [-0.1, -0.05) is 262 Å². The Bertz CT molecular complexity index is 8840. The molecule has 0 fully saturated rings. The summed E-state index contributed by atoms with van der Waals surface area (Å²) < 4.78 is 0. The minimum Gasteiger partial charge on any atom is -0.378 e. The van der Waals surface area contributed by atoms with Gasteiger partial charge in [0.1, 0.15) is 23.8 Å². The van der Waals surface area contributed by atoms with E-state index in [2.05, 4.69) is 368 Å². The van der Waals surface area contributed by atoms with Gasteiger partial charge >= 0.3 is 0 Å². The Morgan fingerprint density at radius 3 is 1.99 bits per heavy atom. The maximum Gasteiger partial charge on any atom is 0.129 e. The van der Waals surface area contributed by atoms with Crippen LogP contribution in [0.1, 0.15) is 233 Å². The first-order chi connectivity index (χ1) is 68.4. The number of hydrogen-bond donors (Lipinski definition) is 6. The summed E-state index contributed by atoms with van der Waals surface area (Å²) in [5, 5.41) is 19.4. The predicted molar refractivity (Wildman–Crippen MR) is 555 cm³/mol. The standard InChI is InChI=1S/C123H94N16/c1-5-21-90(124-106-64(3)78-42-48-92-80-35-17-30-71-59-98(132-108(71)80)104(66-24-11-7-12-25-66)99-60-72-31-18-37-82(109(72)133-99)93-50-43-84(106)112(127-93)111(78)126-92)74-55-75(121-135-117-85-44-49-91-79-34-15-28-68-54-69(41-40-63(2)102(68)79)103(65-22-9-6-10-23-65)97-58-70-29-16-36-81(107(70)131-97)94-51-45-86(118(117)136-121)114(128-94)113(85)125-91)57-76(56-74)122-137-119-87-46-52-95-83-38-19-32-73-61-100(134-110(73)83)105(67-26-13-8-14-27-67)101-62-77-33-20-39-89(123(77,4)139-101)96-53-47-88(120(119)138-122)116(130-96)115(87)129-95/h6-20,22-35,37-39,42-45,47-51,53-62,64,77,81,99,104-106,117-120,131-132,134,139H,5,21,36,40-41,46,52H2,1-4H3,(H,135,136)(H,137,138)/b103-69-,124-90?. The third-order valence-electron chi connectivity index (χ3n) is 32.6. The van der Waals surface area contributed by atoms with Crippen LogP contribution in [-0.2, 0) is 0 Å². The number of para-hydroxylation sites is 3. The highest BCUT2D eigenvalue weighted by atomic mass is 15.2. The van der Waals surface area contributed by atoms with Crippen LogP contribution in [0.2, 0.25) is 0 Å². The average molecular weight is 1800 g/mol. The Hall–Kier alpha value is -16.2. The van der Waals surface area contributed by atoms with Gasteiger partial charge in [0, 0.05) is 129 Å². The number of allylic oxidation sites excluding steroid dienone is 5. The van der Waals surface area contributed by atoms with Crippen molar-refractivity contribution < 1.29 is 0 Å². The SMILES string of the molecule is CCCC(=NC1c2ccc3nc2-c2nc(ccc2C1C)-c1cccc2cc([nH]c12)C(c1ccccc1)C1C=c2cccc-3c2=N1)c1cc(C2=NC3C4=C5N=C(CC4)c4cccc6cc([nH]c46)C(c4ccccc4)C4=CC6C=CC=C(c7ccc(c5n7)C3N2)C6(C)N4)cc(C2=NC3c4ccc5nc4-c4nc(ccc4C3N2)C2CC=Cc3cc([nH]c32)/C(c2ccccc2)=C2\C=c3cccc-5c3=C(C)CC2)c1. The molecule has 666 valence electrons. The van der Waals surface area contributed by atoms with E-state index in [1.165, 1.54) is 66.4 Å². The van der Waals surface area contributed by atoms with E-state index in [9.17, 15) is 0 Å². The van der Waals surface area contributed by atoms with Crippen molar-refractivity contribution in [2.75, 3.05) is 0 Å². The van der Waals surface area contributed by atoms with Gasteiger partial charge in [-0.3, -0.25) is 29.9 Å². The predicted octanol–water partition coefficient (Wildman–Crippen LogP) is 22.3. The molecule has 16 heterocycles. The molecule has 12 unspecified atom stereocenters. The second-order valence-electron chi connectivity index (χ2n) is 40.5. The molecule has 16 heteroatoms. The largest absolute Gasteiger partial charge is 0.378 e. The summed E-state index contributed by atoms with van der Waals surface area (Å²) in [4.78, 5) is 71.8. The van der Waals surface area contributed by atoms with Crippen LogP contribution in [0.3, 0.4) is 0 Å². The number of nitrogens with one attached hydrogen (secondary N) is 6. The van der Waals surface area contributed by atoms with Crippen LogP contribution in [0.5, 0.6) is 0 Å². The minimum atomic E-state index is -0.511. The second-order valence-corrected chi connectivity index (χ2v) is 40.5. The van der Waals surface area contributed by atoms with Crippen LogP contribution in [-0.4, -0.2) is 80.6 Å². The van der Waals surface area contributed by atoms with E-state index >= 15 is 0 Å². The molecule has 16 nitrogen and oxygen atoms in total. The molecular weight excluding hydrogens is 1700 g/mol. The molecule has 0 amide bonds. The Morgan fingerprint density at radius 1 is 0.525 bits per heavy atom. The fraction of sp³-hybridized carbons (Fsp3) is 0.187. The maximum absolute atomic E-state index is 6.29. The number of aliphatic imine (C=N–C) groups is 4. The lowest BCUT2D eigenvalue weighted by molar-refractivity contribution is 0.461. The van der Waals surface area contributed by atoms with Crippen molar-refractivity contribution in [3.8, 4) is 56.5 Å². The molecule has 0 saturated carbocycles. The highest BCUT2D eigenvalue weighted by Crippen LogP contribution is 2.56. The molecule has 16 aromatic rings. The molecule has 26 bridgehead atoms. The highest BCUT2D eigenvalue weighted by Gasteiger charge is 2.49. The first-order valence-corrected chi connectivity index (χ1v) is 49.6. The van der Waals surface area contributed by atoms with Gasteiger partial charge < -0.3 is 30.9 Å². The first kappa shape index (κ1) is 79.1. The number of aromatic nitrogens is 8. The second kappa shape index (κ2) is 29.9. The number of benzene rings is 8. The summed E-state index contributed by atoms with van der Waals surface area (Å²) in [5.74, 6) is 1.29. The van der Waals surface area contributed by atoms with Crippen molar-refractivity contribution in [1.29, 1.82) is 0 Å². The van der Waals surface area contributed by atoms with E-state index in [0.29, 0.717) is 6.42 Å². The third kappa shape index (κ3) is 11.9. The molecule has 8 aliphatic heterocycles. The molecule has 0 spiro atoms. The van der Waals surface area contributed by atoms with Crippen molar-refractivity contribution in [1.82, 2.24) is 55.8 Å². The normalized spacial score (nSPS) is 24.1. The van der Waals surface area contributed by atoms with E-state index in [-0.39, 0.29) is 65.8 Å². The summed E-state index contributed by atoms with van der Waals surface area (Å²) in [6, 6.07) is 94.5. The summed E-state index contributed by atoms with van der Waals surface area (Å²) in [7, 11) is 0. The average Bonchev–Trinajstić information content (AvgIpc) is 1.59. The van der Waals surface area contributed by atoms with Crippen LogP contribution in [0.15, 0.2) is 333 Å². The zero-order valence-corrected chi connectivity index (χ0v) is 77.2. The molecule has 14 aliphatic rings. The molecular formula is C123H94N16. The Labute approximate surface area is 802 Å². The number of pyridine rings is 5. The minimum absolute atomic E-state index is 0.0423. The smallest absolute Gasteiger partial charge is 0.129 e. The molecule has 8 aromatic heterocycles. The number of hydrogen-bond acceptors (Lipinski definition) is 13. The Kier molecular flexibility index (Phi) is 17.0. The van der Waals surface area contributed by atoms with Crippen LogP contribution in [0.4, 0.5) is 0 Å². The van der Waals surface area contributed by atoms with Crippen molar-refractivity contribution in [2.24, 2.45) is 30.9 Å². The molecule has 0 saturated heterocycles. The van der Waals surface area contributed by atoms with Crippen LogP contribution in [0, 0.1) is 5.92 Å². The van der Waals surface area contributed by atoms with Crippen molar-refractivity contribution in [2.45, 2.75) is 138 Å². The van der Waals surface area contributed by atoms with E-state index in [1.807, 2.05) is 0 Å². The molecule has 30 rings (SSSR count). The maximum atomic E-state index is 6.29. The molecule has 12 atom stereocenters. The Morgan fingerprint density at radius 2 is 1.17 bits per heavy atom. The van der Waals surface area contributed by atoms with E-state index < -0.39 is 5.54 Å². The van der Waals surface area contributed by atoms with Gasteiger partial charge in [0.25, 0.3) is 0 Å². The fourth-order valence-electron chi connectivity index (χ4n) is 26.0. The van der Waals surface area contributed by atoms with Crippen molar-refractivity contribution in [3.05, 3.63) is 441 Å². The lowest BCUT2D eigenvalue weighted by atomic mass is 9.76. The van der Waals surface area contributed by atoms with Gasteiger partial charge in [0.15, 0.2) is 0 Å². The van der Waals surface area contributed by atoms with Gasteiger partial charge in [0.05, 0.1) is 126 Å². The van der Waals surface area contributed by atoms with Crippen LogP contribution < -0.4 is 37.0 Å². The van der Waals surface area contributed by atoms with E-state index in [0.717, 1.165) is 246 Å². The van der Waals surface area contributed by atoms with Gasteiger partial charge in [-0.2, -0.15) is 0 Å². The number of nitrogens with zero attached hydrogens (tertiary/aromatic N) is 10. The van der Waals surface area contributed by atoms with Crippen LogP contribution in [0.25, 0.3) is 119 Å². The van der Waals surface area contributed by atoms with Crippen molar-refractivity contribution >= 4 is 85.5 Å². The summed E-state index contributed by atoms with van der Waals surface area (Å²) in [6.45, 7) is 9.30. The van der Waals surface area contributed by atoms with Gasteiger partial charge in [-0.05, 0) is 185 Å². The quantitative estimate of drug-likeness (QED) is 0.0764. The molecule has 6 aliphatic carbocycles. The summed E-state index contributed by atoms with van der Waals surface area (Å²) in [6.07, 6.45) is 24.3. The van der Waals surface area contributed by atoms with Gasteiger partial charge in [0.2, 0.25) is 0 Å². The fourth-order valence-corrected chi connectivity index (χ4v) is 26.0. The van der Waals surface area contributed by atoms with E-state index in [4.69, 9.17) is 49.9 Å². The number of amidine groups is 2. The number of aromatic amines is 3. The molecule has 139 heavy (non-hydrogen) atoms. The molecule has 6 N–H and O–H groups in total. The highest BCUT2D eigenvalue weighted by molar-refractivity contribution is 6.14. The molecule has 8 aromatic carbocycles. The van der Waals surface area contributed by atoms with Gasteiger partial charge in [-0.25, -0.2) is 19.9 Å². The molecule has 0 radical (unpaired) electrons. The van der Waals surface area contributed by atoms with E-state index in [1.54, 1.807) is 0 Å². The monoisotopic (exact) mass is 1790 g/mol.